The number of amides is 1. The summed E-state index contributed by atoms with van der Waals surface area (Å²) in [7, 11) is 1.75. The van der Waals surface area contributed by atoms with Gasteiger partial charge < -0.3 is 16.0 Å². The van der Waals surface area contributed by atoms with Gasteiger partial charge in [-0.2, -0.15) is 0 Å². The van der Waals surface area contributed by atoms with Crippen LogP contribution in [0.5, 0.6) is 0 Å². The average molecular weight is 391 g/mol. The highest BCUT2D eigenvalue weighted by Crippen LogP contribution is 2.32. The maximum atomic E-state index is 12.3. The van der Waals surface area contributed by atoms with Gasteiger partial charge in [0, 0.05) is 30.9 Å². The molecule has 0 aliphatic heterocycles. The van der Waals surface area contributed by atoms with Gasteiger partial charge in [0.05, 0.1) is 21.4 Å². The van der Waals surface area contributed by atoms with Crippen molar-refractivity contribution in [1.29, 1.82) is 0 Å². The zero-order valence-electron chi connectivity index (χ0n) is 14.4. The van der Waals surface area contributed by atoms with E-state index in [4.69, 9.17) is 23.2 Å². The first-order valence-corrected chi connectivity index (χ1v) is 9.20. The summed E-state index contributed by atoms with van der Waals surface area (Å²) in [4.78, 5) is 16.7. The second kappa shape index (κ2) is 8.43. The van der Waals surface area contributed by atoms with E-state index in [1.807, 2.05) is 12.1 Å². The molecular formula is C19H20Cl2N4O. The molecule has 1 amide bonds. The van der Waals surface area contributed by atoms with Crippen molar-refractivity contribution in [1.82, 2.24) is 4.98 Å². The molecule has 1 heterocycles. The van der Waals surface area contributed by atoms with Gasteiger partial charge in [0.1, 0.15) is 5.82 Å². The van der Waals surface area contributed by atoms with E-state index in [0.29, 0.717) is 27.5 Å². The van der Waals surface area contributed by atoms with Gasteiger partial charge in [-0.3, -0.25) is 4.79 Å². The molecule has 1 aliphatic rings. The maximum Gasteiger partial charge on any atom is 0.248 e. The lowest BCUT2D eigenvalue weighted by atomic mass is 9.93. The normalized spacial score (nSPS) is 14.1. The number of nitrogens with one attached hydrogen (secondary N) is 3. The summed E-state index contributed by atoms with van der Waals surface area (Å²) in [5, 5.41) is 10.0. The van der Waals surface area contributed by atoms with E-state index >= 15 is 0 Å². The van der Waals surface area contributed by atoms with Crippen LogP contribution in [0, 0.1) is 0 Å². The Kier molecular flexibility index (Phi) is 6.01. The fourth-order valence-corrected chi connectivity index (χ4v) is 2.94. The highest BCUT2D eigenvalue weighted by atomic mass is 35.5. The minimum Gasteiger partial charge on any atom is -0.386 e. The number of carbonyl (C=O) groups excluding carboxylic acids is 1. The number of hydrogen-bond acceptors (Lipinski definition) is 4. The zero-order valence-corrected chi connectivity index (χ0v) is 15.9. The lowest BCUT2D eigenvalue weighted by Crippen LogP contribution is -2.27. The molecule has 26 heavy (non-hydrogen) atoms. The fourth-order valence-electron chi connectivity index (χ4n) is 2.62. The summed E-state index contributed by atoms with van der Waals surface area (Å²) in [6.45, 7) is 0. The number of aromatic nitrogens is 1. The summed E-state index contributed by atoms with van der Waals surface area (Å²) in [6.07, 6.45) is 8.53. The van der Waals surface area contributed by atoms with Gasteiger partial charge in [-0.25, -0.2) is 4.98 Å². The third-order valence-corrected chi connectivity index (χ3v) is 5.01. The lowest BCUT2D eigenvalue weighted by Gasteiger charge is -2.27. The van der Waals surface area contributed by atoms with Gasteiger partial charge in [0.15, 0.2) is 0 Å². The molecule has 0 unspecified atom stereocenters. The van der Waals surface area contributed by atoms with Crippen LogP contribution in [-0.2, 0) is 4.79 Å². The van der Waals surface area contributed by atoms with Crippen LogP contribution in [-0.4, -0.2) is 24.0 Å². The molecule has 5 nitrogen and oxygen atoms in total. The Morgan fingerprint density at radius 1 is 1.23 bits per heavy atom. The smallest absolute Gasteiger partial charge is 0.248 e. The number of hydrogen-bond donors (Lipinski definition) is 3. The van der Waals surface area contributed by atoms with Crippen molar-refractivity contribution >= 4 is 52.4 Å². The fraction of sp³-hybridized carbons (Fsp3) is 0.263. The van der Waals surface area contributed by atoms with Crippen molar-refractivity contribution in [3.05, 3.63) is 52.1 Å². The number of rotatable bonds is 6. The Morgan fingerprint density at radius 3 is 2.62 bits per heavy atom. The summed E-state index contributed by atoms with van der Waals surface area (Å²) in [6, 6.07) is 7.54. The third-order valence-electron chi connectivity index (χ3n) is 4.29. The second-order valence-electron chi connectivity index (χ2n) is 6.10. The molecule has 1 aromatic heterocycles. The molecule has 7 heteroatoms. The number of carbonyl (C=O) groups is 1. The van der Waals surface area contributed by atoms with E-state index in [0.717, 1.165) is 24.2 Å². The molecule has 3 N–H and O–H groups in total. The van der Waals surface area contributed by atoms with E-state index in [1.165, 1.54) is 12.5 Å². The Hall–Kier alpha value is -2.24. The van der Waals surface area contributed by atoms with Crippen LogP contribution in [0.1, 0.15) is 24.8 Å². The van der Waals surface area contributed by atoms with E-state index < -0.39 is 0 Å². The van der Waals surface area contributed by atoms with Crippen molar-refractivity contribution in [3.8, 4) is 0 Å². The van der Waals surface area contributed by atoms with E-state index in [-0.39, 0.29) is 5.91 Å². The van der Waals surface area contributed by atoms with Crippen molar-refractivity contribution in [3.63, 3.8) is 0 Å². The molecule has 0 radical (unpaired) electrons. The minimum atomic E-state index is -0.265. The average Bonchev–Trinajstić information content (AvgIpc) is 2.60. The van der Waals surface area contributed by atoms with Gasteiger partial charge >= 0.3 is 0 Å². The second-order valence-corrected chi connectivity index (χ2v) is 6.91. The monoisotopic (exact) mass is 390 g/mol. The van der Waals surface area contributed by atoms with Crippen LogP contribution in [0.25, 0.3) is 6.08 Å². The summed E-state index contributed by atoms with van der Waals surface area (Å²) >= 11 is 12.0. The SMILES string of the molecule is CNc1cc(Cl)c(Cl)cc1NC(=O)/C=C/c1cccnc1NC1CCC1. The molecule has 1 aromatic carbocycles. The van der Waals surface area contributed by atoms with Crippen LogP contribution >= 0.6 is 23.2 Å². The van der Waals surface area contributed by atoms with Crippen LogP contribution in [0.4, 0.5) is 17.2 Å². The quantitative estimate of drug-likeness (QED) is 0.603. The molecule has 3 rings (SSSR count). The van der Waals surface area contributed by atoms with Crippen LogP contribution < -0.4 is 16.0 Å². The highest BCUT2D eigenvalue weighted by molar-refractivity contribution is 6.42. The Balaban J connectivity index is 1.71. The Labute approximate surface area is 162 Å². The summed E-state index contributed by atoms with van der Waals surface area (Å²) in [5.41, 5.74) is 2.13. The third kappa shape index (κ3) is 4.48. The summed E-state index contributed by atoms with van der Waals surface area (Å²) in [5.74, 6) is 0.532. The topological polar surface area (TPSA) is 66.0 Å². The Bertz CT molecular complexity index is 834. The predicted octanol–water partition coefficient (Wildman–Crippen LogP) is 5.05. The first-order valence-electron chi connectivity index (χ1n) is 8.44. The molecule has 0 atom stereocenters. The van der Waals surface area contributed by atoms with Crippen molar-refractivity contribution < 1.29 is 4.79 Å². The number of pyridine rings is 1. The van der Waals surface area contributed by atoms with Crippen molar-refractivity contribution in [2.24, 2.45) is 0 Å². The van der Waals surface area contributed by atoms with Gasteiger partial charge in [0.2, 0.25) is 5.91 Å². The summed E-state index contributed by atoms with van der Waals surface area (Å²) < 4.78 is 0. The first-order chi connectivity index (χ1) is 12.6. The van der Waals surface area contributed by atoms with Crippen LogP contribution in [0.3, 0.4) is 0 Å². The van der Waals surface area contributed by atoms with Crippen LogP contribution in [0.2, 0.25) is 10.0 Å². The zero-order chi connectivity index (χ0) is 18.5. The standard InChI is InChI=1S/C19H20Cl2N4O/c1-22-16-10-14(20)15(21)11-17(16)25-18(26)8-7-12-4-3-9-23-19(12)24-13-5-2-6-13/h3-4,7-11,13,22H,2,5-6H2,1H3,(H,23,24)(H,25,26)/b8-7+. The van der Waals surface area contributed by atoms with Gasteiger partial charge in [-0.15, -0.1) is 0 Å². The molecule has 1 fully saturated rings. The number of nitrogens with zero attached hydrogens (tertiary/aromatic N) is 1. The molecule has 136 valence electrons. The largest absolute Gasteiger partial charge is 0.386 e. The van der Waals surface area contributed by atoms with Gasteiger partial charge in [-0.1, -0.05) is 23.2 Å². The first kappa shape index (κ1) is 18.5. The highest BCUT2D eigenvalue weighted by Gasteiger charge is 2.18. The van der Waals surface area contributed by atoms with E-state index in [2.05, 4.69) is 20.9 Å². The number of benzene rings is 1. The molecule has 1 aliphatic carbocycles. The lowest BCUT2D eigenvalue weighted by molar-refractivity contribution is -0.111. The Morgan fingerprint density at radius 2 is 1.96 bits per heavy atom. The van der Waals surface area contributed by atoms with Crippen molar-refractivity contribution in [2.45, 2.75) is 25.3 Å². The molecule has 0 bridgehead atoms. The van der Waals surface area contributed by atoms with Crippen molar-refractivity contribution in [2.75, 3.05) is 23.0 Å². The predicted molar refractivity (Wildman–Crippen MR) is 109 cm³/mol. The molecule has 0 saturated heterocycles. The molecule has 2 aromatic rings. The minimum absolute atomic E-state index is 0.265. The van der Waals surface area contributed by atoms with Gasteiger partial charge in [-0.05, 0) is 49.6 Å². The molecular weight excluding hydrogens is 371 g/mol. The van der Waals surface area contributed by atoms with Gasteiger partial charge in [0.25, 0.3) is 0 Å². The number of halogens is 2. The van der Waals surface area contributed by atoms with E-state index in [1.54, 1.807) is 31.5 Å². The maximum absolute atomic E-state index is 12.3. The van der Waals surface area contributed by atoms with Crippen LogP contribution in [0.15, 0.2) is 36.5 Å². The molecule has 1 saturated carbocycles. The van der Waals surface area contributed by atoms with E-state index in [9.17, 15) is 4.79 Å². The number of anilines is 3. The molecule has 0 spiro atoms.